The van der Waals surface area contributed by atoms with Crippen molar-refractivity contribution >= 4 is 17.3 Å². The Balaban J connectivity index is 1.64. The van der Waals surface area contributed by atoms with E-state index >= 15 is 0 Å². The predicted octanol–water partition coefficient (Wildman–Crippen LogP) is 3.63. The second-order valence-electron chi connectivity index (χ2n) is 6.53. The first kappa shape index (κ1) is 17.3. The van der Waals surface area contributed by atoms with E-state index in [9.17, 15) is 10.1 Å². The molecule has 2 aliphatic rings. The molecule has 0 N–H and O–H groups in total. The first-order chi connectivity index (χ1) is 12.6. The third-order valence-electron chi connectivity index (χ3n) is 5.04. The highest BCUT2D eigenvalue weighted by Crippen LogP contribution is 2.40. The maximum atomic E-state index is 10.9. The van der Waals surface area contributed by atoms with Gasteiger partial charge in [-0.3, -0.25) is 15.0 Å². The normalized spacial score (nSPS) is 22.8. The van der Waals surface area contributed by atoms with Gasteiger partial charge in [0.15, 0.2) is 0 Å². The molecule has 2 unspecified atom stereocenters. The van der Waals surface area contributed by atoms with E-state index in [1.165, 1.54) is 17.7 Å². The molecule has 6 nitrogen and oxygen atoms in total. The summed E-state index contributed by atoms with van der Waals surface area (Å²) < 4.78 is 11.8. The quantitative estimate of drug-likeness (QED) is 0.604. The minimum absolute atomic E-state index is 0.0427. The molecule has 0 radical (unpaired) electrons. The van der Waals surface area contributed by atoms with Gasteiger partial charge in [-0.15, -0.1) is 0 Å². The third kappa shape index (κ3) is 3.28. The van der Waals surface area contributed by atoms with Gasteiger partial charge in [0.2, 0.25) is 0 Å². The largest absolute Gasteiger partial charge is 0.482 e. The van der Waals surface area contributed by atoms with Gasteiger partial charge in [-0.1, -0.05) is 35.9 Å². The Morgan fingerprint density at radius 3 is 2.69 bits per heavy atom. The first-order valence-corrected chi connectivity index (χ1v) is 9.01. The molecule has 26 heavy (non-hydrogen) atoms. The van der Waals surface area contributed by atoms with E-state index in [-0.39, 0.29) is 22.9 Å². The van der Waals surface area contributed by atoms with Gasteiger partial charge in [0.05, 0.1) is 29.2 Å². The molecule has 0 saturated carbocycles. The average molecular weight is 375 g/mol. The standard InChI is InChI=1S/C19H19ClN2O4/c20-16-12-14(22(23)24)5-6-18(16)26-19-15-4-2-1-3-13(15)11-17(19)21-7-9-25-10-8-21/h1-6,12,17,19H,7-11H2. The number of nitrogens with zero attached hydrogens (tertiary/aromatic N) is 2. The van der Waals surface area contributed by atoms with Gasteiger partial charge in [0.1, 0.15) is 11.9 Å². The topological polar surface area (TPSA) is 64.8 Å². The third-order valence-corrected chi connectivity index (χ3v) is 5.33. The molecule has 1 aliphatic carbocycles. The molecule has 2 aromatic carbocycles. The lowest BCUT2D eigenvalue weighted by molar-refractivity contribution is -0.384. The summed E-state index contributed by atoms with van der Waals surface area (Å²) in [6.45, 7) is 3.18. The molecule has 1 aliphatic heterocycles. The highest BCUT2D eigenvalue weighted by Gasteiger charge is 2.38. The van der Waals surface area contributed by atoms with Crippen LogP contribution >= 0.6 is 11.6 Å². The van der Waals surface area contributed by atoms with Gasteiger partial charge >= 0.3 is 0 Å². The van der Waals surface area contributed by atoms with E-state index in [1.807, 2.05) is 12.1 Å². The minimum Gasteiger partial charge on any atom is -0.482 e. The summed E-state index contributed by atoms with van der Waals surface area (Å²) in [5.74, 6) is 0.470. The summed E-state index contributed by atoms with van der Waals surface area (Å²) in [6, 6.07) is 12.8. The smallest absolute Gasteiger partial charge is 0.271 e. The first-order valence-electron chi connectivity index (χ1n) is 8.63. The summed E-state index contributed by atoms with van der Waals surface area (Å²) in [5.41, 5.74) is 2.38. The highest BCUT2D eigenvalue weighted by molar-refractivity contribution is 6.32. The molecule has 0 aromatic heterocycles. The van der Waals surface area contributed by atoms with Crippen molar-refractivity contribution in [3.05, 3.63) is 68.7 Å². The van der Waals surface area contributed by atoms with Crippen molar-refractivity contribution in [1.29, 1.82) is 0 Å². The second kappa shape index (κ2) is 7.23. The van der Waals surface area contributed by atoms with Gasteiger partial charge < -0.3 is 9.47 Å². The zero-order valence-corrected chi connectivity index (χ0v) is 14.9. The molecular weight excluding hydrogens is 356 g/mol. The SMILES string of the molecule is O=[N+]([O-])c1ccc(OC2c3ccccc3CC2N2CCOCC2)c(Cl)c1. The van der Waals surface area contributed by atoms with Crippen LogP contribution in [0.3, 0.4) is 0 Å². The Hall–Kier alpha value is -2.15. The summed E-state index contributed by atoms with van der Waals surface area (Å²) in [7, 11) is 0. The molecule has 7 heteroatoms. The molecule has 0 amide bonds. The van der Waals surface area contributed by atoms with Crippen LogP contribution in [0.25, 0.3) is 0 Å². The Kier molecular flexibility index (Phi) is 4.80. The monoisotopic (exact) mass is 374 g/mol. The van der Waals surface area contributed by atoms with Crippen LogP contribution in [0.5, 0.6) is 5.75 Å². The van der Waals surface area contributed by atoms with Crippen LogP contribution in [0.15, 0.2) is 42.5 Å². The molecule has 1 saturated heterocycles. The van der Waals surface area contributed by atoms with Crippen LogP contribution in [0, 0.1) is 10.1 Å². The molecule has 0 spiro atoms. The highest BCUT2D eigenvalue weighted by atomic mass is 35.5. The molecule has 2 atom stereocenters. The summed E-state index contributed by atoms with van der Waals surface area (Å²) >= 11 is 6.25. The van der Waals surface area contributed by atoms with E-state index < -0.39 is 4.92 Å². The fourth-order valence-corrected chi connectivity index (χ4v) is 3.96. The number of nitro benzene ring substituents is 1. The maximum Gasteiger partial charge on any atom is 0.271 e. The van der Waals surface area contributed by atoms with Crippen molar-refractivity contribution in [2.75, 3.05) is 26.3 Å². The van der Waals surface area contributed by atoms with Crippen LogP contribution in [-0.4, -0.2) is 42.2 Å². The Morgan fingerprint density at radius 2 is 1.96 bits per heavy atom. The maximum absolute atomic E-state index is 10.9. The van der Waals surface area contributed by atoms with E-state index in [4.69, 9.17) is 21.1 Å². The number of ether oxygens (including phenoxy) is 2. The van der Waals surface area contributed by atoms with Crippen LogP contribution in [-0.2, 0) is 11.2 Å². The number of benzene rings is 2. The van der Waals surface area contributed by atoms with E-state index in [0.717, 1.165) is 38.3 Å². The number of non-ortho nitro benzene ring substituents is 1. The van der Waals surface area contributed by atoms with E-state index in [2.05, 4.69) is 17.0 Å². The van der Waals surface area contributed by atoms with Crippen molar-refractivity contribution in [3.63, 3.8) is 0 Å². The van der Waals surface area contributed by atoms with E-state index in [0.29, 0.717) is 5.75 Å². The molecule has 2 aromatic rings. The van der Waals surface area contributed by atoms with Gasteiger partial charge in [0.25, 0.3) is 5.69 Å². The van der Waals surface area contributed by atoms with Gasteiger partial charge in [0, 0.05) is 25.2 Å². The molecule has 0 bridgehead atoms. The van der Waals surface area contributed by atoms with Gasteiger partial charge in [-0.25, -0.2) is 0 Å². The lowest BCUT2D eigenvalue weighted by atomic mass is 10.1. The average Bonchev–Trinajstić information content (AvgIpc) is 3.02. The van der Waals surface area contributed by atoms with Crippen molar-refractivity contribution in [3.8, 4) is 5.75 Å². The van der Waals surface area contributed by atoms with Gasteiger partial charge in [-0.2, -0.15) is 0 Å². The number of rotatable bonds is 4. The molecular formula is C19H19ClN2O4. The lowest BCUT2D eigenvalue weighted by Crippen LogP contribution is -2.46. The van der Waals surface area contributed by atoms with Crippen LogP contribution in [0.4, 0.5) is 5.69 Å². The minimum atomic E-state index is -0.461. The lowest BCUT2D eigenvalue weighted by Gasteiger charge is -2.35. The fourth-order valence-electron chi connectivity index (χ4n) is 3.74. The van der Waals surface area contributed by atoms with Gasteiger partial charge in [-0.05, 0) is 23.6 Å². The summed E-state index contributed by atoms with van der Waals surface area (Å²) in [4.78, 5) is 12.9. The molecule has 1 fully saturated rings. The Labute approximate surface area is 156 Å². The Bertz CT molecular complexity index is 823. The summed E-state index contributed by atoms with van der Waals surface area (Å²) in [6.07, 6.45) is 0.745. The zero-order valence-electron chi connectivity index (χ0n) is 14.1. The van der Waals surface area contributed by atoms with Crippen LogP contribution in [0.1, 0.15) is 17.2 Å². The fraction of sp³-hybridized carbons (Fsp3) is 0.368. The van der Waals surface area contributed by atoms with Crippen molar-refractivity contribution in [1.82, 2.24) is 4.90 Å². The van der Waals surface area contributed by atoms with Crippen LogP contribution < -0.4 is 4.74 Å². The number of morpholine rings is 1. The predicted molar refractivity (Wildman–Crippen MR) is 97.8 cm³/mol. The number of hydrogen-bond acceptors (Lipinski definition) is 5. The number of fused-ring (bicyclic) bond motifs is 1. The number of halogens is 1. The van der Waals surface area contributed by atoms with Crippen molar-refractivity contribution in [2.45, 2.75) is 18.6 Å². The number of hydrogen-bond donors (Lipinski definition) is 0. The zero-order chi connectivity index (χ0) is 18.1. The Morgan fingerprint density at radius 1 is 1.19 bits per heavy atom. The molecule has 136 valence electrons. The van der Waals surface area contributed by atoms with Crippen molar-refractivity contribution in [2.24, 2.45) is 0 Å². The van der Waals surface area contributed by atoms with Crippen molar-refractivity contribution < 1.29 is 14.4 Å². The van der Waals surface area contributed by atoms with Crippen LogP contribution in [0.2, 0.25) is 5.02 Å². The number of nitro groups is 1. The molecule has 4 rings (SSSR count). The molecule has 1 heterocycles. The second-order valence-corrected chi connectivity index (χ2v) is 6.94. The van der Waals surface area contributed by atoms with E-state index in [1.54, 1.807) is 6.07 Å². The summed E-state index contributed by atoms with van der Waals surface area (Å²) in [5, 5.41) is 11.2.